The summed E-state index contributed by atoms with van der Waals surface area (Å²) in [5.74, 6) is -0.808. The molecule has 1 amide bonds. The molecule has 0 aliphatic heterocycles. The number of benzene rings is 1. The number of pyridine rings is 1. The molecule has 0 radical (unpaired) electrons. The van der Waals surface area contributed by atoms with Crippen LogP contribution in [0.5, 0.6) is 0 Å². The third kappa shape index (κ3) is 3.44. The Morgan fingerprint density at radius 3 is 2.63 bits per heavy atom. The molecule has 0 bridgehead atoms. The molecule has 0 unspecified atom stereocenters. The van der Waals surface area contributed by atoms with Gasteiger partial charge in [0, 0.05) is 23.6 Å². The second-order valence-corrected chi connectivity index (χ2v) is 6.45. The number of nitrogens with zero attached hydrogens (tertiary/aromatic N) is 4. The van der Waals surface area contributed by atoms with E-state index < -0.39 is 11.7 Å². The van der Waals surface area contributed by atoms with Crippen LogP contribution < -0.4 is 10.9 Å². The molecule has 7 nitrogen and oxygen atoms in total. The predicted octanol–water partition coefficient (Wildman–Crippen LogP) is 2.69. The molecule has 1 aromatic carbocycles. The first kappa shape index (κ1) is 17.0. The van der Waals surface area contributed by atoms with E-state index in [9.17, 15) is 14.0 Å². The van der Waals surface area contributed by atoms with Crippen molar-refractivity contribution in [2.75, 3.05) is 5.32 Å². The summed E-state index contributed by atoms with van der Waals surface area (Å²) in [6, 6.07) is 8.96. The van der Waals surface area contributed by atoms with E-state index in [1.54, 1.807) is 24.5 Å². The van der Waals surface area contributed by atoms with E-state index in [2.05, 4.69) is 19.7 Å². The van der Waals surface area contributed by atoms with E-state index in [0.717, 1.165) is 17.1 Å². The Morgan fingerprint density at radius 1 is 1.15 bits per heavy atom. The molecule has 4 rings (SSSR count). The van der Waals surface area contributed by atoms with Gasteiger partial charge in [-0.1, -0.05) is 0 Å². The Bertz CT molecular complexity index is 1170. The van der Waals surface area contributed by atoms with Crippen molar-refractivity contribution < 1.29 is 9.18 Å². The Labute approximate surface area is 156 Å². The molecule has 0 fully saturated rings. The monoisotopic (exact) mass is 381 g/mol. The number of carbonyl (C=O) groups is 1. The highest BCUT2D eigenvalue weighted by Gasteiger charge is 2.15. The lowest BCUT2D eigenvalue weighted by Crippen LogP contribution is -2.27. The van der Waals surface area contributed by atoms with E-state index >= 15 is 0 Å². The molecule has 0 saturated carbocycles. The Hall–Kier alpha value is -3.46. The molecular formula is C18H12FN5O2S. The molecular weight excluding hydrogens is 369 g/mol. The van der Waals surface area contributed by atoms with Crippen LogP contribution in [0.4, 0.5) is 10.1 Å². The molecule has 0 aliphatic rings. The van der Waals surface area contributed by atoms with Gasteiger partial charge in [0.2, 0.25) is 5.91 Å². The van der Waals surface area contributed by atoms with Crippen molar-refractivity contribution in [1.82, 2.24) is 18.9 Å². The number of carbonyl (C=O) groups excluding carboxylic acids is 1. The molecule has 0 saturated heterocycles. The number of amides is 1. The zero-order chi connectivity index (χ0) is 18.8. The molecule has 0 atom stereocenters. The minimum atomic E-state index is -0.413. The van der Waals surface area contributed by atoms with E-state index in [4.69, 9.17) is 0 Å². The molecule has 9 heteroatoms. The van der Waals surface area contributed by atoms with Crippen LogP contribution in [0, 0.1) is 5.82 Å². The van der Waals surface area contributed by atoms with Gasteiger partial charge >= 0.3 is 0 Å². The molecule has 27 heavy (non-hydrogen) atoms. The molecule has 0 spiro atoms. The van der Waals surface area contributed by atoms with Crippen molar-refractivity contribution in [2.24, 2.45) is 0 Å². The third-order valence-corrected chi connectivity index (χ3v) is 4.67. The van der Waals surface area contributed by atoms with Gasteiger partial charge in [-0.15, -0.1) is 0 Å². The Kier molecular flexibility index (Phi) is 4.43. The van der Waals surface area contributed by atoms with Crippen LogP contribution in [0.15, 0.2) is 59.9 Å². The van der Waals surface area contributed by atoms with Crippen molar-refractivity contribution >= 4 is 33.3 Å². The van der Waals surface area contributed by atoms with Gasteiger partial charge in [-0.3, -0.25) is 19.1 Å². The van der Waals surface area contributed by atoms with Gasteiger partial charge in [0.15, 0.2) is 0 Å². The second-order valence-electron chi connectivity index (χ2n) is 5.68. The summed E-state index contributed by atoms with van der Waals surface area (Å²) in [5, 5.41) is 2.61. The third-order valence-electron chi connectivity index (χ3n) is 3.84. The average Bonchev–Trinajstić information content (AvgIpc) is 3.11. The molecule has 134 valence electrons. The molecule has 3 aromatic heterocycles. The summed E-state index contributed by atoms with van der Waals surface area (Å²) in [5.41, 5.74) is 2.02. The van der Waals surface area contributed by atoms with Crippen LogP contribution in [-0.4, -0.2) is 24.8 Å². The van der Waals surface area contributed by atoms with Gasteiger partial charge in [0.25, 0.3) is 5.56 Å². The zero-order valence-electron chi connectivity index (χ0n) is 13.8. The fraction of sp³-hybridized carbons (Fsp3) is 0.0556. The number of halogens is 1. The van der Waals surface area contributed by atoms with Crippen molar-refractivity contribution in [2.45, 2.75) is 6.54 Å². The number of aromatic nitrogens is 4. The smallest absolute Gasteiger partial charge is 0.273 e. The van der Waals surface area contributed by atoms with Crippen molar-refractivity contribution in [3.05, 3.63) is 71.3 Å². The predicted molar refractivity (Wildman–Crippen MR) is 99.9 cm³/mol. The SMILES string of the molecule is O=C(Cn1cnc2c(-c3ccncc3)nsc2c1=O)Nc1ccc(F)cc1. The van der Waals surface area contributed by atoms with Crippen LogP contribution in [0.3, 0.4) is 0 Å². The van der Waals surface area contributed by atoms with Gasteiger partial charge in [-0.05, 0) is 47.9 Å². The first-order valence-electron chi connectivity index (χ1n) is 7.92. The minimum absolute atomic E-state index is 0.207. The lowest BCUT2D eigenvalue weighted by molar-refractivity contribution is -0.116. The quantitative estimate of drug-likeness (QED) is 0.587. The standard InChI is InChI=1S/C18H12FN5O2S/c19-12-1-3-13(4-2-12)22-14(25)9-24-10-21-16-15(11-5-7-20-8-6-11)23-27-17(16)18(24)26/h1-8,10H,9H2,(H,22,25). The molecule has 4 aromatic rings. The van der Waals surface area contributed by atoms with Gasteiger partial charge in [-0.25, -0.2) is 9.37 Å². The summed E-state index contributed by atoms with van der Waals surface area (Å²) in [4.78, 5) is 33.1. The number of rotatable bonds is 4. The van der Waals surface area contributed by atoms with Crippen LogP contribution >= 0.6 is 11.5 Å². The minimum Gasteiger partial charge on any atom is -0.325 e. The van der Waals surface area contributed by atoms with Gasteiger partial charge in [-0.2, -0.15) is 4.37 Å². The highest BCUT2D eigenvalue weighted by molar-refractivity contribution is 7.13. The molecule has 3 heterocycles. The molecule has 0 aliphatic carbocycles. The largest absolute Gasteiger partial charge is 0.325 e. The summed E-state index contributed by atoms with van der Waals surface area (Å²) in [6.07, 6.45) is 4.61. The van der Waals surface area contributed by atoms with Gasteiger partial charge in [0.1, 0.15) is 28.3 Å². The summed E-state index contributed by atoms with van der Waals surface area (Å²) < 4.78 is 18.8. The number of fused-ring (bicyclic) bond motifs is 1. The summed E-state index contributed by atoms with van der Waals surface area (Å²) in [6.45, 7) is -0.207. The fourth-order valence-electron chi connectivity index (χ4n) is 2.56. The number of hydrogen-bond acceptors (Lipinski definition) is 6. The van der Waals surface area contributed by atoms with E-state index in [1.807, 2.05) is 0 Å². The lowest BCUT2D eigenvalue weighted by atomic mass is 10.2. The van der Waals surface area contributed by atoms with Crippen LogP contribution in [0.1, 0.15) is 0 Å². The van der Waals surface area contributed by atoms with Crippen LogP contribution in [-0.2, 0) is 11.3 Å². The maximum atomic E-state index is 12.9. The lowest BCUT2D eigenvalue weighted by Gasteiger charge is -2.07. The number of nitrogens with one attached hydrogen (secondary N) is 1. The maximum absolute atomic E-state index is 12.9. The average molecular weight is 381 g/mol. The van der Waals surface area contributed by atoms with E-state index in [-0.39, 0.29) is 12.1 Å². The van der Waals surface area contributed by atoms with Crippen molar-refractivity contribution in [1.29, 1.82) is 0 Å². The number of anilines is 1. The fourth-order valence-corrected chi connectivity index (χ4v) is 3.36. The summed E-state index contributed by atoms with van der Waals surface area (Å²) in [7, 11) is 0. The zero-order valence-corrected chi connectivity index (χ0v) is 14.6. The normalized spacial score (nSPS) is 10.9. The molecule has 1 N–H and O–H groups in total. The van der Waals surface area contributed by atoms with Crippen LogP contribution in [0.25, 0.3) is 21.5 Å². The first-order valence-corrected chi connectivity index (χ1v) is 8.70. The van der Waals surface area contributed by atoms with Gasteiger partial charge in [0.05, 0.1) is 6.33 Å². The first-order chi connectivity index (χ1) is 13.1. The Morgan fingerprint density at radius 2 is 1.89 bits per heavy atom. The van der Waals surface area contributed by atoms with Gasteiger partial charge < -0.3 is 5.32 Å². The van der Waals surface area contributed by atoms with E-state index in [1.165, 1.54) is 35.2 Å². The Balaban J connectivity index is 1.60. The highest BCUT2D eigenvalue weighted by Crippen LogP contribution is 2.26. The summed E-state index contributed by atoms with van der Waals surface area (Å²) >= 11 is 1.04. The maximum Gasteiger partial charge on any atom is 0.273 e. The van der Waals surface area contributed by atoms with Crippen molar-refractivity contribution in [3.8, 4) is 11.3 Å². The number of hydrogen-bond donors (Lipinski definition) is 1. The van der Waals surface area contributed by atoms with Crippen molar-refractivity contribution in [3.63, 3.8) is 0 Å². The highest BCUT2D eigenvalue weighted by atomic mass is 32.1. The van der Waals surface area contributed by atoms with E-state index in [0.29, 0.717) is 21.6 Å². The van der Waals surface area contributed by atoms with Crippen LogP contribution in [0.2, 0.25) is 0 Å². The second kappa shape index (κ2) is 7.04. The topological polar surface area (TPSA) is 89.8 Å².